The molecule has 1 saturated carbocycles. The molecule has 3 heteroatoms. The number of rotatable bonds is 4. The molecule has 118 valence electrons. The van der Waals surface area contributed by atoms with E-state index in [-0.39, 0.29) is 21.7 Å². The zero-order chi connectivity index (χ0) is 15.8. The summed E-state index contributed by atoms with van der Waals surface area (Å²) in [5.41, 5.74) is 0.941. The molecular formula is C18H27ClFN. The van der Waals surface area contributed by atoms with Crippen molar-refractivity contribution in [3.8, 4) is 0 Å². The maximum atomic E-state index is 14.5. The summed E-state index contributed by atoms with van der Waals surface area (Å²) in [5, 5.41) is 3.73. The Morgan fingerprint density at radius 1 is 1.33 bits per heavy atom. The van der Waals surface area contributed by atoms with Crippen LogP contribution in [0, 0.1) is 17.2 Å². The lowest BCUT2D eigenvalue weighted by molar-refractivity contribution is 0.0415. The predicted octanol–water partition coefficient (Wildman–Crippen LogP) is 5.17. The highest BCUT2D eigenvalue weighted by atomic mass is 35.5. The van der Waals surface area contributed by atoms with Gasteiger partial charge in [-0.1, -0.05) is 58.4 Å². The Morgan fingerprint density at radius 3 is 2.48 bits per heavy atom. The highest BCUT2D eigenvalue weighted by Crippen LogP contribution is 2.54. The van der Waals surface area contributed by atoms with Crippen LogP contribution in [0.3, 0.4) is 0 Å². The topological polar surface area (TPSA) is 12.0 Å². The number of halogens is 2. The van der Waals surface area contributed by atoms with Crippen molar-refractivity contribution in [1.82, 2.24) is 5.32 Å². The second kappa shape index (κ2) is 5.89. The smallest absolute Gasteiger partial charge is 0.145 e. The Morgan fingerprint density at radius 2 is 1.95 bits per heavy atom. The molecule has 1 nitrogen and oxygen atoms in total. The first-order valence-corrected chi connectivity index (χ1v) is 8.21. The fourth-order valence-corrected chi connectivity index (χ4v) is 3.44. The van der Waals surface area contributed by atoms with E-state index in [9.17, 15) is 4.39 Å². The quantitative estimate of drug-likeness (QED) is 0.808. The Hall–Kier alpha value is -0.600. The summed E-state index contributed by atoms with van der Waals surface area (Å²) < 4.78 is 14.5. The first-order chi connectivity index (χ1) is 9.66. The van der Waals surface area contributed by atoms with Gasteiger partial charge in [0.2, 0.25) is 0 Å². The van der Waals surface area contributed by atoms with Crippen LogP contribution in [0.4, 0.5) is 4.39 Å². The molecule has 0 atom stereocenters. The zero-order valence-electron chi connectivity index (χ0n) is 13.8. The van der Waals surface area contributed by atoms with Gasteiger partial charge in [-0.3, -0.25) is 0 Å². The van der Waals surface area contributed by atoms with Crippen LogP contribution in [-0.2, 0) is 5.41 Å². The SMILES string of the molecule is CC(C)NCC1(c2cccc(Cl)c2F)CC(C(C)(C)C)C1. The van der Waals surface area contributed by atoms with E-state index in [1.807, 2.05) is 12.1 Å². The van der Waals surface area contributed by atoms with E-state index in [0.717, 1.165) is 24.9 Å². The van der Waals surface area contributed by atoms with Crippen molar-refractivity contribution in [2.24, 2.45) is 11.3 Å². The monoisotopic (exact) mass is 311 g/mol. The van der Waals surface area contributed by atoms with Crippen molar-refractivity contribution in [2.45, 2.75) is 58.9 Å². The van der Waals surface area contributed by atoms with Crippen molar-refractivity contribution >= 4 is 11.6 Å². The van der Waals surface area contributed by atoms with E-state index in [0.29, 0.717) is 12.0 Å². The minimum absolute atomic E-state index is 0.114. The summed E-state index contributed by atoms with van der Waals surface area (Å²) in [5.74, 6) is 0.391. The lowest BCUT2D eigenvalue weighted by atomic mass is 9.52. The molecule has 0 amide bonds. The van der Waals surface area contributed by atoms with Gasteiger partial charge < -0.3 is 5.32 Å². The third kappa shape index (κ3) is 3.43. The average molecular weight is 312 g/mol. The van der Waals surface area contributed by atoms with Gasteiger partial charge in [0.1, 0.15) is 5.82 Å². The van der Waals surface area contributed by atoms with E-state index in [2.05, 4.69) is 39.9 Å². The van der Waals surface area contributed by atoms with Gasteiger partial charge in [-0.15, -0.1) is 0 Å². The van der Waals surface area contributed by atoms with Crippen LogP contribution in [0.1, 0.15) is 53.0 Å². The van der Waals surface area contributed by atoms with Crippen molar-refractivity contribution in [2.75, 3.05) is 6.54 Å². The second-order valence-corrected chi connectivity index (χ2v) is 8.30. The van der Waals surface area contributed by atoms with Gasteiger partial charge in [0, 0.05) is 18.0 Å². The molecule has 0 aliphatic heterocycles. The normalized spacial score (nSPS) is 26.0. The van der Waals surface area contributed by atoms with Gasteiger partial charge in [-0.05, 0) is 35.8 Å². The molecule has 1 aromatic carbocycles. The van der Waals surface area contributed by atoms with Gasteiger partial charge in [0.15, 0.2) is 0 Å². The lowest BCUT2D eigenvalue weighted by Gasteiger charge is -2.53. The summed E-state index contributed by atoms with van der Waals surface area (Å²) >= 11 is 5.99. The molecule has 1 aliphatic carbocycles. The molecule has 1 N–H and O–H groups in total. The largest absolute Gasteiger partial charge is 0.314 e. The van der Waals surface area contributed by atoms with Crippen LogP contribution in [0.2, 0.25) is 5.02 Å². The first-order valence-electron chi connectivity index (χ1n) is 7.83. The van der Waals surface area contributed by atoms with E-state index >= 15 is 0 Å². The fraction of sp³-hybridized carbons (Fsp3) is 0.667. The summed E-state index contributed by atoms with van der Waals surface area (Å²) in [6.45, 7) is 11.9. The van der Waals surface area contributed by atoms with Crippen LogP contribution >= 0.6 is 11.6 Å². The number of benzene rings is 1. The van der Waals surface area contributed by atoms with Crippen molar-refractivity contribution in [3.63, 3.8) is 0 Å². The van der Waals surface area contributed by atoms with E-state index in [1.54, 1.807) is 6.07 Å². The second-order valence-electron chi connectivity index (χ2n) is 7.89. The molecule has 1 aliphatic rings. The zero-order valence-corrected chi connectivity index (χ0v) is 14.5. The molecule has 21 heavy (non-hydrogen) atoms. The standard InChI is InChI=1S/C18H27ClFN/c1-12(2)21-11-18(9-13(10-18)17(3,4)5)14-7-6-8-15(19)16(14)20/h6-8,12-13,21H,9-11H2,1-5H3. The molecule has 0 radical (unpaired) electrons. The number of nitrogens with one attached hydrogen (secondary N) is 1. The van der Waals surface area contributed by atoms with Crippen molar-refractivity contribution in [1.29, 1.82) is 0 Å². The van der Waals surface area contributed by atoms with Crippen LogP contribution in [0.15, 0.2) is 18.2 Å². The summed E-state index contributed by atoms with van der Waals surface area (Å²) in [7, 11) is 0. The molecule has 0 spiro atoms. The number of hydrogen-bond donors (Lipinski definition) is 1. The van der Waals surface area contributed by atoms with Crippen LogP contribution in [0.25, 0.3) is 0 Å². The Kier molecular flexibility index (Phi) is 4.70. The molecule has 0 aromatic heterocycles. The maximum Gasteiger partial charge on any atom is 0.145 e. The molecule has 1 aromatic rings. The molecule has 0 bridgehead atoms. The Bertz CT molecular complexity index is 498. The molecule has 0 unspecified atom stereocenters. The van der Waals surface area contributed by atoms with E-state index in [1.165, 1.54) is 0 Å². The van der Waals surface area contributed by atoms with E-state index < -0.39 is 0 Å². The lowest BCUT2D eigenvalue weighted by Crippen LogP contribution is -2.53. The summed E-state index contributed by atoms with van der Waals surface area (Å²) in [6.07, 6.45) is 2.04. The van der Waals surface area contributed by atoms with Crippen molar-refractivity contribution < 1.29 is 4.39 Å². The number of hydrogen-bond acceptors (Lipinski definition) is 1. The van der Waals surface area contributed by atoms with Crippen molar-refractivity contribution in [3.05, 3.63) is 34.6 Å². The molecule has 0 heterocycles. The van der Waals surface area contributed by atoms with Crippen LogP contribution in [0.5, 0.6) is 0 Å². The molecule has 1 fully saturated rings. The highest BCUT2D eigenvalue weighted by Gasteiger charge is 2.50. The maximum absolute atomic E-state index is 14.5. The highest BCUT2D eigenvalue weighted by molar-refractivity contribution is 6.30. The van der Waals surface area contributed by atoms with E-state index in [4.69, 9.17) is 11.6 Å². The average Bonchev–Trinajstić information content (AvgIpc) is 2.30. The minimum atomic E-state index is -0.239. The van der Waals surface area contributed by atoms with Gasteiger partial charge >= 0.3 is 0 Å². The Labute approximate surface area is 133 Å². The van der Waals surface area contributed by atoms with Gasteiger partial charge in [-0.2, -0.15) is 0 Å². The van der Waals surface area contributed by atoms with Crippen LogP contribution in [-0.4, -0.2) is 12.6 Å². The summed E-state index contributed by atoms with van der Waals surface area (Å²) in [4.78, 5) is 0. The summed E-state index contributed by atoms with van der Waals surface area (Å²) in [6, 6.07) is 5.80. The van der Waals surface area contributed by atoms with Crippen LogP contribution < -0.4 is 5.32 Å². The molecular weight excluding hydrogens is 285 g/mol. The predicted molar refractivity (Wildman–Crippen MR) is 88.4 cm³/mol. The van der Waals surface area contributed by atoms with Gasteiger partial charge in [0.05, 0.1) is 5.02 Å². The first kappa shape index (κ1) is 16.8. The van der Waals surface area contributed by atoms with Gasteiger partial charge in [0.25, 0.3) is 0 Å². The minimum Gasteiger partial charge on any atom is -0.314 e. The molecule has 2 rings (SSSR count). The molecule has 0 saturated heterocycles. The third-order valence-corrected chi connectivity index (χ3v) is 5.16. The third-order valence-electron chi connectivity index (χ3n) is 4.87. The Balaban J connectivity index is 2.28. The fourth-order valence-electron chi connectivity index (χ4n) is 3.27. The van der Waals surface area contributed by atoms with Gasteiger partial charge in [-0.25, -0.2) is 4.39 Å².